The van der Waals surface area contributed by atoms with Crippen molar-refractivity contribution in [2.45, 2.75) is 0 Å². The topological polar surface area (TPSA) is 15.8 Å². The van der Waals surface area contributed by atoms with Gasteiger partial charge >= 0.3 is 0 Å². The van der Waals surface area contributed by atoms with E-state index in [2.05, 4.69) is 4.98 Å². The molecule has 1 nitrogen and oxygen atoms in total. The van der Waals surface area contributed by atoms with E-state index in [9.17, 15) is 0 Å². The van der Waals surface area contributed by atoms with Crippen LogP contribution < -0.4 is 0 Å². The fraction of sp³-hybridized carbons (Fsp3) is 0. The fourth-order valence-electron chi connectivity index (χ4n) is 1.22. The largest absolute Gasteiger partial charge is 0.360 e. The number of pyridine rings is 1. The second-order valence-corrected chi connectivity index (χ2v) is 3.88. The van der Waals surface area contributed by atoms with Crippen molar-refractivity contribution >= 4 is 46.3 Å². The number of hydrogen-bond acceptors (Lipinski definition) is 1. The number of H-pyrrole nitrogens is 1. The van der Waals surface area contributed by atoms with E-state index in [0.29, 0.717) is 14.6 Å². The smallest absolute Gasteiger partial charge is 0.0672 e. The molecule has 0 fully saturated rings. The summed E-state index contributed by atoms with van der Waals surface area (Å²) >= 11 is 17.1. The first kappa shape index (κ1) is 9.00. The van der Waals surface area contributed by atoms with Crippen LogP contribution in [0.25, 0.3) is 10.9 Å². The highest BCUT2D eigenvalue weighted by Gasteiger charge is 2.03. The van der Waals surface area contributed by atoms with Crippen molar-refractivity contribution in [3.05, 3.63) is 39.0 Å². The molecular weight excluding hydrogens is 225 g/mol. The Labute approximate surface area is 90.3 Å². The average molecular weight is 230 g/mol. The molecule has 0 spiro atoms. The summed E-state index contributed by atoms with van der Waals surface area (Å²) in [6, 6.07) is 5.28. The lowest BCUT2D eigenvalue weighted by Crippen LogP contribution is -1.81. The molecule has 1 aromatic heterocycles. The average Bonchev–Trinajstić information content (AvgIpc) is 2.12. The predicted octanol–water partition coefficient (Wildman–Crippen LogP) is 4.20. The van der Waals surface area contributed by atoms with Crippen LogP contribution in [-0.4, -0.2) is 4.98 Å². The van der Waals surface area contributed by atoms with Crippen molar-refractivity contribution < 1.29 is 0 Å². The Bertz CT molecular complexity index is 518. The Kier molecular flexibility index (Phi) is 2.28. The van der Waals surface area contributed by atoms with Crippen LogP contribution in [0.1, 0.15) is 0 Å². The van der Waals surface area contributed by atoms with Gasteiger partial charge in [0.2, 0.25) is 0 Å². The summed E-state index contributed by atoms with van der Waals surface area (Å²) in [6.45, 7) is 0. The van der Waals surface area contributed by atoms with Gasteiger partial charge in [0.1, 0.15) is 0 Å². The van der Waals surface area contributed by atoms with E-state index in [1.165, 1.54) is 0 Å². The van der Waals surface area contributed by atoms with Gasteiger partial charge in [0, 0.05) is 16.1 Å². The Hall–Kier alpha value is -0.570. The molecule has 0 saturated heterocycles. The number of aromatic nitrogens is 1. The quantitative estimate of drug-likeness (QED) is 0.670. The molecule has 0 unspecified atom stereocenters. The molecule has 66 valence electrons. The number of aromatic amines is 1. The standard InChI is InChI=1S/C9H5Cl2NS/c10-5-1-2-6(11)9-8(5)7(13)3-4-12-9/h1-4H,(H,12,13). The van der Waals surface area contributed by atoms with E-state index in [1.807, 2.05) is 0 Å². The molecule has 4 heteroatoms. The molecule has 0 aliphatic carbocycles. The zero-order valence-corrected chi connectivity index (χ0v) is 8.80. The lowest BCUT2D eigenvalue weighted by Gasteiger charge is -2.01. The molecule has 2 aromatic rings. The van der Waals surface area contributed by atoms with Gasteiger partial charge in [0.05, 0.1) is 15.6 Å². The summed E-state index contributed by atoms with van der Waals surface area (Å²) < 4.78 is 0.709. The van der Waals surface area contributed by atoms with Crippen LogP contribution in [-0.2, 0) is 0 Å². The van der Waals surface area contributed by atoms with Gasteiger partial charge < -0.3 is 4.98 Å². The van der Waals surface area contributed by atoms with Crippen LogP contribution >= 0.6 is 35.4 Å². The summed E-state index contributed by atoms with van der Waals surface area (Å²) in [6.07, 6.45) is 1.76. The number of fused-ring (bicyclic) bond motifs is 1. The van der Waals surface area contributed by atoms with Crippen molar-refractivity contribution in [3.63, 3.8) is 0 Å². The first-order valence-electron chi connectivity index (χ1n) is 3.65. The Morgan fingerprint density at radius 1 is 1.08 bits per heavy atom. The van der Waals surface area contributed by atoms with Gasteiger partial charge in [-0.2, -0.15) is 0 Å². The first-order valence-corrected chi connectivity index (χ1v) is 4.82. The van der Waals surface area contributed by atoms with Gasteiger partial charge in [0.25, 0.3) is 0 Å². The van der Waals surface area contributed by atoms with Crippen LogP contribution in [0.3, 0.4) is 0 Å². The van der Waals surface area contributed by atoms with Crippen molar-refractivity contribution in [2.75, 3.05) is 0 Å². The molecule has 0 amide bonds. The maximum absolute atomic E-state index is 5.99. The third-order valence-corrected chi connectivity index (χ3v) is 2.78. The molecule has 0 aliphatic heterocycles. The van der Waals surface area contributed by atoms with Crippen LogP contribution in [0.4, 0.5) is 0 Å². The van der Waals surface area contributed by atoms with Gasteiger partial charge in [-0.1, -0.05) is 35.4 Å². The minimum absolute atomic E-state index is 0.626. The van der Waals surface area contributed by atoms with Crippen LogP contribution in [0, 0.1) is 4.51 Å². The van der Waals surface area contributed by atoms with E-state index in [4.69, 9.17) is 35.4 Å². The maximum Gasteiger partial charge on any atom is 0.0672 e. The van der Waals surface area contributed by atoms with Gasteiger partial charge in [-0.3, -0.25) is 0 Å². The summed E-state index contributed by atoms with van der Waals surface area (Å²) in [5.41, 5.74) is 0.793. The lowest BCUT2D eigenvalue weighted by molar-refractivity contribution is 1.41. The molecule has 1 aromatic carbocycles. The second-order valence-electron chi connectivity index (χ2n) is 2.62. The van der Waals surface area contributed by atoms with E-state index in [-0.39, 0.29) is 0 Å². The number of hydrogen-bond donors (Lipinski definition) is 1. The SMILES string of the molecule is S=c1cc[nH]c2c(Cl)ccc(Cl)c12. The highest BCUT2D eigenvalue weighted by Crippen LogP contribution is 2.28. The molecular formula is C9H5Cl2NS. The summed E-state index contributed by atoms with van der Waals surface area (Å²) in [5, 5.41) is 2.07. The fourth-order valence-corrected chi connectivity index (χ4v) is 2.03. The van der Waals surface area contributed by atoms with Gasteiger partial charge in [-0.15, -0.1) is 0 Å². The normalized spacial score (nSPS) is 10.6. The number of benzene rings is 1. The van der Waals surface area contributed by atoms with E-state index >= 15 is 0 Å². The van der Waals surface area contributed by atoms with Crippen LogP contribution in [0.15, 0.2) is 24.4 Å². The molecule has 1 heterocycles. The van der Waals surface area contributed by atoms with Crippen molar-refractivity contribution in [3.8, 4) is 0 Å². The monoisotopic (exact) mass is 229 g/mol. The molecule has 0 radical (unpaired) electrons. The zero-order valence-electron chi connectivity index (χ0n) is 6.47. The Morgan fingerprint density at radius 2 is 1.77 bits per heavy atom. The maximum atomic E-state index is 5.99. The number of halogens is 2. The minimum Gasteiger partial charge on any atom is -0.360 e. The van der Waals surface area contributed by atoms with Crippen molar-refractivity contribution in [2.24, 2.45) is 0 Å². The third kappa shape index (κ3) is 1.46. The Balaban J connectivity index is 3.09. The van der Waals surface area contributed by atoms with Crippen molar-refractivity contribution in [1.82, 2.24) is 4.98 Å². The molecule has 0 saturated carbocycles. The number of nitrogens with one attached hydrogen (secondary N) is 1. The lowest BCUT2D eigenvalue weighted by atomic mass is 10.2. The molecule has 0 atom stereocenters. The van der Waals surface area contributed by atoms with E-state index < -0.39 is 0 Å². The predicted molar refractivity (Wildman–Crippen MR) is 59.2 cm³/mol. The third-order valence-electron chi connectivity index (χ3n) is 1.81. The second kappa shape index (κ2) is 3.29. The summed E-state index contributed by atoms with van der Waals surface area (Å²) in [5.74, 6) is 0. The Morgan fingerprint density at radius 3 is 2.46 bits per heavy atom. The number of rotatable bonds is 0. The molecule has 1 N–H and O–H groups in total. The van der Waals surface area contributed by atoms with Crippen LogP contribution in [0.2, 0.25) is 10.0 Å². The summed E-state index contributed by atoms with van der Waals surface area (Å²) in [4.78, 5) is 3.02. The first-order chi connectivity index (χ1) is 6.20. The van der Waals surface area contributed by atoms with Crippen molar-refractivity contribution in [1.29, 1.82) is 0 Å². The highest BCUT2D eigenvalue weighted by atomic mass is 35.5. The van der Waals surface area contributed by atoms with Gasteiger partial charge in [0.15, 0.2) is 0 Å². The summed E-state index contributed by atoms with van der Waals surface area (Å²) in [7, 11) is 0. The van der Waals surface area contributed by atoms with E-state index in [0.717, 1.165) is 10.9 Å². The minimum atomic E-state index is 0.626. The highest BCUT2D eigenvalue weighted by molar-refractivity contribution is 7.71. The molecule has 0 aliphatic rings. The van der Waals surface area contributed by atoms with Gasteiger partial charge in [-0.25, -0.2) is 0 Å². The van der Waals surface area contributed by atoms with E-state index in [1.54, 1.807) is 24.4 Å². The molecule has 13 heavy (non-hydrogen) atoms. The van der Waals surface area contributed by atoms with Crippen LogP contribution in [0.5, 0.6) is 0 Å². The molecule has 0 bridgehead atoms. The zero-order chi connectivity index (χ0) is 9.42. The van der Waals surface area contributed by atoms with Gasteiger partial charge in [-0.05, 0) is 18.2 Å². The molecule has 2 rings (SSSR count).